The molecule has 0 aliphatic rings. The molecule has 2 aromatic rings. The van der Waals surface area contributed by atoms with E-state index in [1.165, 1.54) is 5.56 Å². The van der Waals surface area contributed by atoms with E-state index in [1.807, 2.05) is 18.2 Å². The molecular weight excluding hydrogens is 248 g/mol. The van der Waals surface area contributed by atoms with E-state index in [0.717, 1.165) is 37.7 Å². The summed E-state index contributed by atoms with van der Waals surface area (Å²) in [6, 6.07) is 17.8. The SMILES string of the molecule is O=C(O)c1ccccc1CCCCCc1ccccc1. The molecule has 0 unspecified atom stereocenters. The number of hydrogen-bond donors (Lipinski definition) is 1. The Labute approximate surface area is 120 Å². The second-order valence-corrected chi connectivity index (χ2v) is 5.01. The lowest BCUT2D eigenvalue weighted by Gasteiger charge is -2.06. The third-order valence-electron chi connectivity index (χ3n) is 3.50. The van der Waals surface area contributed by atoms with Crippen molar-refractivity contribution in [1.82, 2.24) is 0 Å². The minimum Gasteiger partial charge on any atom is -0.478 e. The smallest absolute Gasteiger partial charge is 0.335 e. The summed E-state index contributed by atoms with van der Waals surface area (Å²) >= 11 is 0. The van der Waals surface area contributed by atoms with Gasteiger partial charge in [-0.1, -0.05) is 55.0 Å². The molecule has 2 heteroatoms. The average molecular weight is 268 g/mol. The van der Waals surface area contributed by atoms with Crippen LogP contribution in [0.5, 0.6) is 0 Å². The Morgan fingerprint density at radius 1 is 0.800 bits per heavy atom. The Morgan fingerprint density at radius 2 is 1.45 bits per heavy atom. The topological polar surface area (TPSA) is 37.3 Å². The van der Waals surface area contributed by atoms with Gasteiger partial charge in [-0.3, -0.25) is 0 Å². The average Bonchev–Trinajstić information content (AvgIpc) is 2.48. The van der Waals surface area contributed by atoms with Crippen LogP contribution in [0.15, 0.2) is 54.6 Å². The summed E-state index contributed by atoms with van der Waals surface area (Å²) in [4.78, 5) is 11.1. The Morgan fingerprint density at radius 3 is 2.20 bits per heavy atom. The van der Waals surface area contributed by atoms with Gasteiger partial charge in [0.25, 0.3) is 0 Å². The minimum atomic E-state index is -0.829. The van der Waals surface area contributed by atoms with E-state index in [2.05, 4.69) is 24.3 Å². The number of benzene rings is 2. The Kier molecular flexibility index (Phi) is 5.36. The normalized spacial score (nSPS) is 10.4. The van der Waals surface area contributed by atoms with Crippen molar-refractivity contribution in [3.05, 3.63) is 71.3 Å². The molecule has 2 aromatic carbocycles. The molecule has 0 amide bonds. The van der Waals surface area contributed by atoms with Gasteiger partial charge in [0.2, 0.25) is 0 Å². The molecule has 2 nitrogen and oxygen atoms in total. The number of hydrogen-bond acceptors (Lipinski definition) is 1. The van der Waals surface area contributed by atoms with Gasteiger partial charge >= 0.3 is 5.97 Å². The maximum absolute atomic E-state index is 11.1. The lowest BCUT2D eigenvalue weighted by Crippen LogP contribution is -2.02. The fraction of sp³-hybridized carbons (Fsp3) is 0.278. The highest BCUT2D eigenvalue weighted by molar-refractivity contribution is 5.89. The summed E-state index contributed by atoms with van der Waals surface area (Å²) in [6.07, 6.45) is 5.26. The number of rotatable bonds is 7. The lowest BCUT2D eigenvalue weighted by atomic mass is 10.00. The molecule has 0 heterocycles. The van der Waals surface area contributed by atoms with Crippen LogP contribution in [0, 0.1) is 0 Å². The van der Waals surface area contributed by atoms with Crippen molar-refractivity contribution in [3.63, 3.8) is 0 Å². The van der Waals surface area contributed by atoms with Crippen LogP contribution >= 0.6 is 0 Å². The van der Waals surface area contributed by atoms with Gasteiger partial charge in [-0.2, -0.15) is 0 Å². The van der Waals surface area contributed by atoms with E-state index in [1.54, 1.807) is 12.1 Å². The van der Waals surface area contributed by atoms with Gasteiger partial charge in [-0.15, -0.1) is 0 Å². The molecule has 2 rings (SSSR count). The van der Waals surface area contributed by atoms with Gasteiger partial charge in [0.15, 0.2) is 0 Å². The molecule has 0 aliphatic carbocycles. The predicted molar refractivity (Wildman–Crippen MR) is 81.1 cm³/mol. The zero-order valence-electron chi connectivity index (χ0n) is 11.6. The summed E-state index contributed by atoms with van der Waals surface area (Å²) in [5.74, 6) is -0.829. The maximum Gasteiger partial charge on any atom is 0.335 e. The van der Waals surface area contributed by atoms with Crippen LogP contribution in [0.25, 0.3) is 0 Å². The first-order valence-corrected chi connectivity index (χ1v) is 7.12. The Balaban J connectivity index is 1.75. The number of carboxylic acids is 1. The third kappa shape index (κ3) is 4.23. The van der Waals surface area contributed by atoms with Gasteiger partial charge in [-0.25, -0.2) is 4.79 Å². The summed E-state index contributed by atoms with van der Waals surface area (Å²) in [7, 11) is 0. The summed E-state index contributed by atoms with van der Waals surface area (Å²) < 4.78 is 0. The molecule has 0 atom stereocenters. The van der Waals surface area contributed by atoms with Gasteiger partial charge in [0.05, 0.1) is 5.56 Å². The van der Waals surface area contributed by atoms with Crippen LogP contribution in [0.3, 0.4) is 0 Å². The van der Waals surface area contributed by atoms with Crippen molar-refractivity contribution >= 4 is 5.97 Å². The van der Waals surface area contributed by atoms with E-state index >= 15 is 0 Å². The van der Waals surface area contributed by atoms with E-state index in [9.17, 15) is 4.79 Å². The van der Waals surface area contributed by atoms with Crippen molar-refractivity contribution in [1.29, 1.82) is 0 Å². The molecular formula is C18H20O2. The number of unbranched alkanes of at least 4 members (excludes halogenated alkanes) is 2. The van der Waals surface area contributed by atoms with E-state index in [4.69, 9.17) is 5.11 Å². The molecule has 0 bridgehead atoms. The standard InChI is InChI=1S/C18H20O2/c19-18(20)17-14-8-7-13-16(17)12-6-2-5-11-15-9-3-1-4-10-15/h1,3-4,7-10,13-14H,2,5-6,11-12H2,(H,19,20). The van der Waals surface area contributed by atoms with E-state index in [0.29, 0.717) is 5.56 Å². The first-order valence-electron chi connectivity index (χ1n) is 7.12. The van der Waals surface area contributed by atoms with E-state index in [-0.39, 0.29) is 0 Å². The molecule has 0 radical (unpaired) electrons. The summed E-state index contributed by atoms with van der Waals surface area (Å²) in [5, 5.41) is 9.12. The van der Waals surface area contributed by atoms with Gasteiger partial charge in [0.1, 0.15) is 0 Å². The second-order valence-electron chi connectivity index (χ2n) is 5.01. The number of carbonyl (C=O) groups is 1. The number of aryl methyl sites for hydroxylation is 2. The zero-order chi connectivity index (χ0) is 14.2. The number of carboxylic acid groups (broad SMARTS) is 1. The summed E-state index contributed by atoms with van der Waals surface area (Å²) in [5.41, 5.74) is 2.76. The van der Waals surface area contributed by atoms with E-state index < -0.39 is 5.97 Å². The van der Waals surface area contributed by atoms with Crippen LogP contribution in [0.1, 0.15) is 40.7 Å². The molecule has 0 saturated carbocycles. The largest absolute Gasteiger partial charge is 0.478 e. The van der Waals surface area contributed by atoms with Crippen molar-refractivity contribution in [2.75, 3.05) is 0 Å². The highest BCUT2D eigenvalue weighted by Gasteiger charge is 2.07. The molecule has 1 N–H and O–H groups in total. The zero-order valence-corrected chi connectivity index (χ0v) is 11.6. The van der Waals surface area contributed by atoms with Crippen molar-refractivity contribution < 1.29 is 9.90 Å². The molecule has 0 fully saturated rings. The highest BCUT2D eigenvalue weighted by atomic mass is 16.4. The first-order chi connectivity index (χ1) is 9.77. The second kappa shape index (κ2) is 7.49. The van der Waals surface area contributed by atoms with Crippen LogP contribution in [0.4, 0.5) is 0 Å². The van der Waals surface area contributed by atoms with Crippen LogP contribution in [0.2, 0.25) is 0 Å². The van der Waals surface area contributed by atoms with Gasteiger partial charge < -0.3 is 5.11 Å². The van der Waals surface area contributed by atoms with Crippen LogP contribution in [-0.4, -0.2) is 11.1 Å². The molecule has 0 spiro atoms. The molecule has 0 saturated heterocycles. The predicted octanol–water partition coefficient (Wildman–Crippen LogP) is 4.34. The van der Waals surface area contributed by atoms with Crippen LogP contribution < -0.4 is 0 Å². The lowest BCUT2D eigenvalue weighted by molar-refractivity contribution is 0.0695. The Bertz CT molecular complexity index is 546. The fourth-order valence-corrected chi connectivity index (χ4v) is 2.41. The van der Waals surface area contributed by atoms with Crippen molar-refractivity contribution in [2.45, 2.75) is 32.1 Å². The molecule has 20 heavy (non-hydrogen) atoms. The molecule has 0 aromatic heterocycles. The fourth-order valence-electron chi connectivity index (χ4n) is 2.41. The third-order valence-corrected chi connectivity index (χ3v) is 3.50. The Hall–Kier alpha value is -2.09. The monoisotopic (exact) mass is 268 g/mol. The maximum atomic E-state index is 11.1. The highest BCUT2D eigenvalue weighted by Crippen LogP contribution is 2.14. The molecule has 104 valence electrons. The van der Waals surface area contributed by atoms with Crippen molar-refractivity contribution in [2.24, 2.45) is 0 Å². The van der Waals surface area contributed by atoms with Gasteiger partial charge in [0, 0.05) is 0 Å². The quantitative estimate of drug-likeness (QED) is 0.758. The first kappa shape index (κ1) is 14.3. The minimum absolute atomic E-state index is 0.440. The van der Waals surface area contributed by atoms with Crippen LogP contribution in [-0.2, 0) is 12.8 Å². The van der Waals surface area contributed by atoms with Crippen molar-refractivity contribution in [3.8, 4) is 0 Å². The van der Waals surface area contributed by atoms with Gasteiger partial charge in [-0.05, 0) is 42.9 Å². The number of aromatic carboxylic acids is 1. The molecule has 0 aliphatic heterocycles. The summed E-state index contributed by atoms with van der Waals surface area (Å²) in [6.45, 7) is 0.